The summed E-state index contributed by atoms with van der Waals surface area (Å²) >= 11 is 6.52. The molecule has 5 amide bonds. The van der Waals surface area contributed by atoms with E-state index in [1.165, 1.54) is 32.6 Å². The van der Waals surface area contributed by atoms with E-state index in [9.17, 15) is 23.6 Å². The maximum atomic E-state index is 16.1. The average Bonchev–Trinajstić information content (AvgIpc) is 3.57. The van der Waals surface area contributed by atoms with Crippen molar-refractivity contribution in [1.29, 1.82) is 0 Å². The Kier molecular flexibility index (Phi) is 10.1. The summed E-state index contributed by atoms with van der Waals surface area (Å²) in [5.74, 6) is -3.95. The van der Waals surface area contributed by atoms with Crippen LogP contribution < -0.4 is 25.8 Å². The number of nitrogens with one attached hydrogen (secondary N) is 3. The first-order valence-electron chi connectivity index (χ1n) is 21.3. The molecule has 1 spiro atoms. The van der Waals surface area contributed by atoms with E-state index in [0.717, 1.165) is 33.8 Å². The molecule has 1 unspecified atom stereocenters. The van der Waals surface area contributed by atoms with Gasteiger partial charge in [-0.3, -0.25) is 34.5 Å². The van der Waals surface area contributed by atoms with Crippen LogP contribution in [0.25, 0.3) is 16.9 Å². The fourth-order valence-corrected chi connectivity index (χ4v) is 9.80. The van der Waals surface area contributed by atoms with Crippen molar-refractivity contribution in [2.24, 2.45) is 5.41 Å². The Balaban J connectivity index is 0.808. The number of aromatic nitrogens is 4. The number of anilines is 4. The average molecular weight is 896 g/mol. The molecule has 3 aromatic heterocycles. The van der Waals surface area contributed by atoms with E-state index in [4.69, 9.17) is 21.7 Å². The van der Waals surface area contributed by atoms with E-state index in [1.807, 2.05) is 48.2 Å². The maximum absolute atomic E-state index is 16.1. The number of fused-ring (bicyclic) bond motifs is 2. The lowest BCUT2D eigenvalue weighted by molar-refractivity contribution is -0.220. The van der Waals surface area contributed by atoms with Gasteiger partial charge < -0.3 is 20.4 Å². The van der Waals surface area contributed by atoms with Gasteiger partial charge in [0.1, 0.15) is 6.17 Å². The molecule has 7 heterocycles. The number of halogens is 4. The molecule has 3 saturated heterocycles. The molecule has 332 valence electrons. The number of carbonyl (C=O) groups is 4. The number of hydrogen-bond acceptors (Lipinski definition) is 10. The van der Waals surface area contributed by atoms with Crippen molar-refractivity contribution >= 4 is 63.9 Å². The fraction of sp³-hybridized carbons (Fsp3) is 0.400. The van der Waals surface area contributed by atoms with Crippen molar-refractivity contribution in [1.82, 2.24) is 40.0 Å². The van der Waals surface area contributed by atoms with E-state index in [2.05, 4.69) is 25.8 Å². The van der Waals surface area contributed by atoms with E-state index in [-0.39, 0.29) is 61.0 Å². The molecule has 4 fully saturated rings. The van der Waals surface area contributed by atoms with Crippen molar-refractivity contribution in [3.05, 3.63) is 93.4 Å². The molecule has 4 aliphatic heterocycles. The SMILES string of the molecule is CNc1cc(N2CCc3c(-c4ccc(CN5CC6(CCN(C(=O)c7cc(C)c(Cl)c(N8CCC(=O)NC8=O)c7)CC6(F)F)C5)c(C)n4)cccc32)nn2c(C(=O)NC3C[C@@H]3F)cnc12. The number of aryl methyl sites for hydroxylation is 2. The molecule has 5 aromatic rings. The highest BCUT2D eigenvalue weighted by Gasteiger charge is 2.63. The van der Waals surface area contributed by atoms with Crippen molar-refractivity contribution in [3.63, 3.8) is 0 Å². The van der Waals surface area contributed by atoms with Gasteiger partial charge in [-0.1, -0.05) is 29.8 Å². The second kappa shape index (κ2) is 15.5. The number of imide groups is 1. The Morgan fingerprint density at radius 3 is 2.48 bits per heavy atom. The van der Waals surface area contributed by atoms with E-state index in [1.54, 1.807) is 14.0 Å². The normalized spacial score (nSPS) is 21.2. The van der Waals surface area contributed by atoms with Crippen LogP contribution in [0.4, 0.5) is 40.8 Å². The Morgan fingerprint density at radius 1 is 0.984 bits per heavy atom. The van der Waals surface area contributed by atoms with Crippen LogP contribution in [0.2, 0.25) is 5.02 Å². The highest BCUT2D eigenvalue weighted by Crippen LogP contribution is 2.51. The molecule has 19 heteroatoms. The van der Waals surface area contributed by atoms with Crippen LogP contribution in [-0.4, -0.2) is 118 Å². The minimum atomic E-state index is -3.14. The first-order valence-corrected chi connectivity index (χ1v) is 21.7. The number of amides is 5. The molecule has 5 aliphatic rings. The van der Waals surface area contributed by atoms with Crippen LogP contribution in [0.15, 0.2) is 54.7 Å². The van der Waals surface area contributed by atoms with Gasteiger partial charge in [-0.15, -0.1) is 5.10 Å². The van der Waals surface area contributed by atoms with Crippen molar-refractivity contribution in [2.45, 2.75) is 64.2 Å². The number of alkyl halides is 3. The van der Waals surface area contributed by atoms with Crippen LogP contribution in [0.3, 0.4) is 0 Å². The molecule has 0 radical (unpaired) electrons. The molecule has 3 N–H and O–H groups in total. The number of imidazole rings is 1. The molecule has 64 heavy (non-hydrogen) atoms. The Labute approximate surface area is 370 Å². The zero-order valence-corrected chi connectivity index (χ0v) is 36.1. The lowest BCUT2D eigenvalue weighted by Crippen LogP contribution is -2.70. The van der Waals surface area contributed by atoms with Gasteiger partial charge in [0.2, 0.25) is 5.91 Å². The van der Waals surface area contributed by atoms with Crippen molar-refractivity contribution in [2.75, 3.05) is 61.4 Å². The second-order valence-electron chi connectivity index (χ2n) is 17.5. The predicted molar refractivity (Wildman–Crippen MR) is 233 cm³/mol. The number of benzene rings is 2. The molecule has 0 bridgehead atoms. The number of urea groups is 1. The summed E-state index contributed by atoms with van der Waals surface area (Å²) in [5, 5.41) is 13.2. The van der Waals surface area contributed by atoms with Gasteiger partial charge in [-0.2, -0.15) is 0 Å². The molecule has 10 rings (SSSR count). The lowest BCUT2D eigenvalue weighted by Gasteiger charge is -2.57. The number of carbonyl (C=O) groups excluding carboxylic acids is 4. The van der Waals surface area contributed by atoms with Gasteiger partial charge in [0, 0.05) is 87.7 Å². The Morgan fingerprint density at radius 2 is 1.77 bits per heavy atom. The number of rotatable bonds is 9. The first kappa shape index (κ1) is 41.7. The van der Waals surface area contributed by atoms with Crippen LogP contribution >= 0.6 is 11.6 Å². The first-order chi connectivity index (χ1) is 30.6. The Bertz CT molecular complexity index is 2800. The second-order valence-corrected chi connectivity index (χ2v) is 17.9. The number of pyridine rings is 1. The largest absolute Gasteiger partial charge is 0.385 e. The van der Waals surface area contributed by atoms with Crippen LogP contribution in [0, 0.1) is 19.3 Å². The molecule has 2 atom stereocenters. The van der Waals surface area contributed by atoms with Gasteiger partial charge in [-0.05, 0) is 67.6 Å². The summed E-state index contributed by atoms with van der Waals surface area (Å²) in [4.78, 5) is 67.0. The van der Waals surface area contributed by atoms with Crippen molar-refractivity contribution in [3.8, 4) is 11.3 Å². The van der Waals surface area contributed by atoms with Gasteiger partial charge in [-0.25, -0.2) is 27.5 Å². The van der Waals surface area contributed by atoms with Crippen LogP contribution in [-0.2, 0) is 17.8 Å². The van der Waals surface area contributed by atoms with E-state index < -0.39 is 53.8 Å². The van der Waals surface area contributed by atoms with Gasteiger partial charge in [0.25, 0.3) is 17.7 Å². The number of piperidine rings is 1. The summed E-state index contributed by atoms with van der Waals surface area (Å²) in [7, 11) is 1.77. The molecule has 1 aliphatic carbocycles. The van der Waals surface area contributed by atoms with Crippen molar-refractivity contribution < 1.29 is 32.3 Å². The zero-order chi connectivity index (χ0) is 44.8. The fourth-order valence-electron chi connectivity index (χ4n) is 9.59. The van der Waals surface area contributed by atoms with Gasteiger partial charge >= 0.3 is 6.03 Å². The maximum Gasteiger partial charge on any atom is 0.328 e. The number of likely N-dealkylation sites (tertiary alicyclic amines) is 2. The third-order valence-corrected chi connectivity index (χ3v) is 13.8. The summed E-state index contributed by atoms with van der Waals surface area (Å²) in [6.45, 7) is 4.54. The highest BCUT2D eigenvalue weighted by molar-refractivity contribution is 6.35. The topological polar surface area (TPSA) is 160 Å². The summed E-state index contributed by atoms with van der Waals surface area (Å²) in [5.41, 5.74) is 6.55. The van der Waals surface area contributed by atoms with E-state index >= 15 is 8.78 Å². The number of nitrogens with zero attached hydrogens (tertiary/aromatic N) is 8. The third-order valence-electron chi connectivity index (χ3n) is 13.3. The summed E-state index contributed by atoms with van der Waals surface area (Å²) < 4.78 is 47.3. The number of hydrogen-bond donors (Lipinski definition) is 3. The molecule has 2 aromatic carbocycles. The Hall–Kier alpha value is -6.27. The summed E-state index contributed by atoms with van der Waals surface area (Å²) in [6, 6.07) is 13.7. The molecule has 1 saturated carbocycles. The molecule has 15 nitrogen and oxygen atoms in total. The highest BCUT2D eigenvalue weighted by atomic mass is 35.5. The van der Waals surface area contributed by atoms with Crippen LogP contribution in [0.1, 0.15) is 62.5 Å². The zero-order valence-electron chi connectivity index (χ0n) is 35.4. The van der Waals surface area contributed by atoms with Gasteiger partial charge in [0.05, 0.1) is 46.3 Å². The quantitative estimate of drug-likeness (QED) is 0.159. The smallest absolute Gasteiger partial charge is 0.328 e. The monoisotopic (exact) mass is 895 g/mol. The van der Waals surface area contributed by atoms with E-state index in [0.29, 0.717) is 48.6 Å². The van der Waals surface area contributed by atoms with Gasteiger partial charge in [0.15, 0.2) is 17.2 Å². The molecular weight excluding hydrogens is 851 g/mol. The minimum Gasteiger partial charge on any atom is -0.385 e. The predicted octanol–water partition coefficient (Wildman–Crippen LogP) is 6.07. The lowest BCUT2D eigenvalue weighted by atomic mass is 9.69. The van der Waals surface area contributed by atoms with Crippen LogP contribution in [0.5, 0.6) is 0 Å². The third kappa shape index (κ3) is 7.06. The standard InChI is InChI=1S/C45H45ClF3N11O4/c1-24-15-27(16-35(39(24)46)59-13-10-38(61)54-43(59)64)42(63)57-14-11-44(45(48,49)23-57)21-56(22-44)20-26-7-8-31(52-25(26)2)28-5-4-6-34-29(28)9-12-58(34)37-18-33(50-3)40-51-19-36(60(40)55-37)41(62)53-32-17-30(32)47/h4-8,15-16,18-19,30,32,50H,9-14,17,20-23H2,1-3H3,(H,53,62)(H,54,61,64)/t30-,32?/m0/s1. The summed E-state index contributed by atoms with van der Waals surface area (Å²) in [6.07, 6.45) is 1.61. The molecular formula is C45H45ClF3N11O4. The minimum absolute atomic E-state index is 0.0645.